The second-order valence-electron chi connectivity index (χ2n) is 6.94. The van der Waals surface area contributed by atoms with Crippen molar-refractivity contribution in [2.45, 2.75) is 25.7 Å². The highest BCUT2D eigenvalue weighted by atomic mass is 32.1. The third-order valence-corrected chi connectivity index (χ3v) is 5.80. The summed E-state index contributed by atoms with van der Waals surface area (Å²) < 4.78 is 12.9. The molecule has 28 heavy (non-hydrogen) atoms. The number of anilines is 2. The summed E-state index contributed by atoms with van der Waals surface area (Å²) in [4.78, 5) is 26.4. The van der Waals surface area contributed by atoms with Crippen molar-refractivity contribution >= 4 is 33.8 Å². The van der Waals surface area contributed by atoms with Gasteiger partial charge in [0.25, 0.3) is 11.8 Å². The number of nitrogens with zero attached hydrogens (tertiary/aromatic N) is 1. The molecule has 1 heterocycles. The quantitative estimate of drug-likeness (QED) is 0.689. The highest BCUT2D eigenvalue weighted by molar-refractivity contribution is 7.16. The maximum Gasteiger partial charge on any atom is 0.280 e. The number of carbonyl (C=O) groups is 2. The molecule has 0 saturated heterocycles. The van der Waals surface area contributed by atoms with Crippen LogP contribution in [0.4, 0.5) is 15.1 Å². The number of carbonyl (C=O) groups excluding carboxylic acids is 2. The van der Waals surface area contributed by atoms with Crippen molar-refractivity contribution in [2.24, 2.45) is 0 Å². The topological polar surface area (TPSA) is 86.4 Å². The van der Waals surface area contributed by atoms with Gasteiger partial charge in [-0.15, -0.1) is 11.3 Å². The van der Waals surface area contributed by atoms with Gasteiger partial charge in [0, 0.05) is 10.6 Å². The molecule has 0 radical (unpaired) electrons. The van der Waals surface area contributed by atoms with E-state index in [-0.39, 0.29) is 30.7 Å². The molecule has 0 saturated carbocycles. The lowest BCUT2D eigenvalue weighted by molar-refractivity contribution is -0.862. The summed E-state index contributed by atoms with van der Waals surface area (Å²) in [6, 6.07) is 7.73. The number of halogens is 1. The van der Waals surface area contributed by atoms with Gasteiger partial charge in [-0.25, -0.2) is 4.39 Å². The standard InChI is InChI=1S/C20H21FN4O2S/c1-25(11-18(26)23-14-8-6-13(21)7-9-14)12-19(27)24-20-16(10-22)15-4-2-3-5-17(15)28-20/h6-9H,2-5,11-12H2,1H3,(H,23,26)(H,24,27)/p+1. The Bertz CT molecular complexity index is 918. The average molecular weight is 401 g/mol. The zero-order valence-electron chi connectivity index (χ0n) is 15.6. The second-order valence-corrected chi connectivity index (χ2v) is 8.05. The Morgan fingerprint density at radius 1 is 1.14 bits per heavy atom. The predicted molar refractivity (Wildman–Crippen MR) is 106 cm³/mol. The molecule has 0 bridgehead atoms. The molecule has 8 heteroatoms. The van der Waals surface area contributed by atoms with E-state index < -0.39 is 0 Å². The third kappa shape index (κ3) is 4.94. The van der Waals surface area contributed by atoms with Crippen LogP contribution in [-0.2, 0) is 22.4 Å². The van der Waals surface area contributed by atoms with Gasteiger partial charge in [0.05, 0.1) is 12.6 Å². The number of aryl methyl sites for hydroxylation is 1. The summed E-state index contributed by atoms with van der Waals surface area (Å²) in [5.74, 6) is -0.868. The minimum atomic E-state index is -0.371. The Labute approximate surface area is 167 Å². The van der Waals surface area contributed by atoms with Gasteiger partial charge in [-0.1, -0.05) is 0 Å². The lowest BCUT2D eigenvalue weighted by Gasteiger charge is -2.13. The Morgan fingerprint density at radius 3 is 2.46 bits per heavy atom. The summed E-state index contributed by atoms with van der Waals surface area (Å²) in [6.07, 6.45) is 4.03. The highest BCUT2D eigenvalue weighted by Gasteiger charge is 2.23. The van der Waals surface area contributed by atoms with Crippen LogP contribution < -0.4 is 15.5 Å². The number of thiophene rings is 1. The molecule has 0 aliphatic heterocycles. The van der Waals surface area contributed by atoms with E-state index in [1.165, 1.54) is 40.5 Å². The van der Waals surface area contributed by atoms with Crippen molar-refractivity contribution in [3.8, 4) is 6.07 Å². The van der Waals surface area contributed by atoms with E-state index in [1.54, 1.807) is 7.05 Å². The molecule has 1 atom stereocenters. The fourth-order valence-corrected chi connectivity index (χ4v) is 4.55. The van der Waals surface area contributed by atoms with Gasteiger partial charge in [-0.05, 0) is 55.5 Å². The van der Waals surface area contributed by atoms with Crippen LogP contribution in [0.5, 0.6) is 0 Å². The summed E-state index contributed by atoms with van der Waals surface area (Å²) in [5, 5.41) is 15.6. The van der Waals surface area contributed by atoms with Gasteiger partial charge in [-0.3, -0.25) is 9.59 Å². The molecule has 1 aromatic heterocycles. The zero-order valence-corrected chi connectivity index (χ0v) is 16.4. The van der Waals surface area contributed by atoms with E-state index in [0.29, 0.717) is 21.2 Å². The van der Waals surface area contributed by atoms with Crippen molar-refractivity contribution in [2.75, 3.05) is 30.8 Å². The Kier molecular flexibility index (Phi) is 6.39. The van der Waals surface area contributed by atoms with Crippen LogP contribution in [0.2, 0.25) is 0 Å². The zero-order chi connectivity index (χ0) is 20.1. The van der Waals surface area contributed by atoms with Gasteiger partial charge in [0.15, 0.2) is 13.1 Å². The van der Waals surface area contributed by atoms with Crippen molar-refractivity contribution in [1.82, 2.24) is 0 Å². The molecule has 2 amide bonds. The molecule has 1 unspecified atom stereocenters. The van der Waals surface area contributed by atoms with Gasteiger partial charge < -0.3 is 15.5 Å². The van der Waals surface area contributed by atoms with E-state index in [9.17, 15) is 19.2 Å². The van der Waals surface area contributed by atoms with E-state index >= 15 is 0 Å². The van der Waals surface area contributed by atoms with Gasteiger partial charge in [0.2, 0.25) is 0 Å². The summed E-state index contributed by atoms with van der Waals surface area (Å²) >= 11 is 1.49. The molecule has 146 valence electrons. The Hall–Kier alpha value is -2.76. The van der Waals surface area contributed by atoms with Gasteiger partial charge >= 0.3 is 0 Å². The summed E-state index contributed by atoms with van der Waals surface area (Å²) in [6.45, 7) is 0.196. The first-order valence-electron chi connectivity index (χ1n) is 9.17. The lowest BCUT2D eigenvalue weighted by atomic mass is 9.96. The van der Waals surface area contributed by atoms with Crippen LogP contribution in [0.15, 0.2) is 24.3 Å². The maximum atomic E-state index is 12.9. The maximum absolute atomic E-state index is 12.9. The number of nitriles is 1. The van der Waals surface area contributed by atoms with Crippen molar-refractivity contribution in [3.05, 3.63) is 46.1 Å². The minimum Gasteiger partial charge on any atom is -0.322 e. The van der Waals surface area contributed by atoms with E-state index in [1.807, 2.05) is 0 Å². The van der Waals surface area contributed by atoms with Crippen LogP contribution in [0, 0.1) is 17.1 Å². The van der Waals surface area contributed by atoms with Gasteiger partial charge in [0.1, 0.15) is 16.9 Å². The van der Waals surface area contributed by atoms with E-state index in [2.05, 4.69) is 16.7 Å². The van der Waals surface area contributed by atoms with Crippen molar-refractivity contribution in [3.63, 3.8) is 0 Å². The monoisotopic (exact) mass is 401 g/mol. The van der Waals surface area contributed by atoms with Crippen LogP contribution >= 0.6 is 11.3 Å². The first kappa shape index (κ1) is 20.0. The number of hydrogen-bond donors (Lipinski definition) is 3. The van der Waals surface area contributed by atoms with E-state index in [4.69, 9.17) is 0 Å². The van der Waals surface area contributed by atoms with Crippen molar-refractivity contribution < 1.29 is 18.9 Å². The highest BCUT2D eigenvalue weighted by Crippen LogP contribution is 2.37. The lowest BCUT2D eigenvalue weighted by Crippen LogP contribution is -3.11. The van der Waals surface area contributed by atoms with Crippen LogP contribution in [0.3, 0.4) is 0 Å². The number of rotatable bonds is 6. The first-order valence-corrected chi connectivity index (χ1v) is 9.99. The molecule has 6 nitrogen and oxygen atoms in total. The van der Waals surface area contributed by atoms with Crippen molar-refractivity contribution in [1.29, 1.82) is 5.26 Å². The normalized spacial score (nSPS) is 13.9. The fourth-order valence-electron chi connectivity index (χ4n) is 3.29. The molecule has 1 aliphatic carbocycles. The molecule has 0 spiro atoms. The largest absolute Gasteiger partial charge is 0.322 e. The average Bonchev–Trinajstić information content (AvgIpc) is 3.00. The molecular weight excluding hydrogens is 379 g/mol. The third-order valence-electron chi connectivity index (χ3n) is 4.59. The first-order chi connectivity index (χ1) is 13.5. The number of nitrogens with one attached hydrogen (secondary N) is 3. The fraction of sp³-hybridized carbons (Fsp3) is 0.350. The minimum absolute atomic E-state index is 0.0941. The molecule has 2 aromatic rings. The smallest absolute Gasteiger partial charge is 0.280 e. The van der Waals surface area contributed by atoms with Crippen LogP contribution in [-0.4, -0.2) is 32.0 Å². The summed E-state index contributed by atoms with van der Waals surface area (Å²) in [5.41, 5.74) is 2.17. The number of amides is 2. The van der Waals surface area contributed by atoms with Crippen LogP contribution in [0.1, 0.15) is 28.8 Å². The number of hydrogen-bond acceptors (Lipinski definition) is 4. The Morgan fingerprint density at radius 2 is 1.79 bits per heavy atom. The molecule has 1 aliphatic rings. The molecule has 1 aromatic carbocycles. The second kappa shape index (κ2) is 8.95. The SMILES string of the molecule is C[NH+](CC(=O)Nc1ccc(F)cc1)CC(=O)Nc1sc2c(c1C#N)CCCC2. The molecule has 0 fully saturated rings. The molecule has 3 rings (SSSR count). The molecular formula is C20H22FN4O2S+. The number of fused-ring (bicyclic) bond motifs is 1. The Balaban J connectivity index is 1.53. The molecule has 3 N–H and O–H groups in total. The predicted octanol–water partition coefficient (Wildman–Crippen LogP) is 1.73. The van der Waals surface area contributed by atoms with Gasteiger partial charge in [-0.2, -0.15) is 5.26 Å². The van der Waals surface area contributed by atoms with Crippen LogP contribution in [0.25, 0.3) is 0 Å². The number of benzene rings is 1. The van der Waals surface area contributed by atoms with E-state index in [0.717, 1.165) is 31.2 Å². The number of likely N-dealkylation sites (N-methyl/N-ethyl adjacent to an activating group) is 1. The number of quaternary nitrogens is 1. The summed E-state index contributed by atoms with van der Waals surface area (Å²) in [7, 11) is 1.74.